The van der Waals surface area contributed by atoms with Crippen molar-refractivity contribution in [2.45, 2.75) is 22.7 Å². The fourth-order valence-corrected chi connectivity index (χ4v) is 8.08. The summed E-state index contributed by atoms with van der Waals surface area (Å²) in [5, 5.41) is 0.149. The highest BCUT2D eigenvalue weighted by Gasteiger charge is 2.56. The number of hydrogen-bond donors (Lipinski definition) is 0. The van der Waals surface area contributed by atoms with Gasteiger partial charge in [-0.1, -0.05) is 46.8 Å². The van der Waals surface area contributed by atoms with Crippen LogP contribution < -0.4 is 9.77 Å². The first-order valence-electron chi connectivity index (χ1n) is 12.0. The number of anilines is 1. The van der Waals surface area contributed by atoms with Crippen LogP contribution in [0.15, 0.2) is 58.4 Å². The largest absolute Gasteiger partial charge is 0.378 e. The summed E-state index contributed by atoms with van der Waals surface area (Å²) in [5.41, 5.74) is 1.02. The van der Waals surface area contributed by atoms with E-state index in [0.717, 1.165) is 28.0 Å². The quantitative estimate of drug-likeness (QED) is 0.445. The second kappa shape index (κ2) is 9.96. The van der Waals surface area contributed by atoms with Crippen LogP contribution in [0.5, 0.6) is 0 Å². The van der Waals surface area contributed by atoms with Crippen LogP contribution in [0.25, 0.3) is 0 Å². The minimum atomic E-state index is -0.820. The van der Waals surface area contributed by atoms with Crippen molar-refractivity contribution < 1.29 is 23.5 Å². The highest BCUT2D eigenvalue weighted by molar-refractivity contribution is 8.00. The van der Waals surface area contributed by atoms with Crippen LogP contribution >= 0.6 is 34.7 Å². The van der Waals surface area contributed by atoms with Crippen molar-refractivity contribution in [2.75, 3.05) is 31.2 Å². The van der Waals surface area contributed by atoms with Crippen LogP contribution in [0.2, 0.25) is 5.02 Å². The number of fused-ring (bicyclic) bond motifs is 2. The van der Waals surface area contributed by atoms with E-state index in [4.69, 9.17) is 16.3 Å². The number of carbonyl (C=O) groups is 3. The average Bonchev–Trinajstić information content (AvgIpc) is 3.36. The van der Waals surface area contributed by atoms with Gasteiger partial charge in [-0.05, 0) is 42.0 Å². The average molecular weight is 574 g/mol. The molecule has 4 heterocycles. The van der Waals surface area contributed by atoms with E-state index in [1.54, 1.807) is 41.3 Å². The van der Waals surface area contributed by atoms with E-state index in [0.29, 0.717) is 52.5 Å². The number of nitrogens with zero attached hydrogens (tertiary/aromatic N) is 3. The number of hydrogen-bond acceptors (Lipinski definition) is 7. The number of imide groups is 1. The van der Waals surface area contributed by atoms with Gasteiger partial charge in [0.25, 0.3) is 0 Å². The van der Waals surface area contributed by atoms with Gasteiger partial charge < -0.3 is 9.64 Å². The lowest BCUT2D eigenvalue weighted by Gasteiger charge is -2.31. The van der Waals surface area contributed by atoms with Gasteiger partial charge in [0, 0.05) is 28.9 Å². The van der Waals surface area contributed by atoms with Crippen molar-refractivity contribution >= 4 is 58.1 Å². The molecule has 0 aliphatic carbocycles. The standard InChI is InChI=1S/C26H21ClFN3O5S2/c27-15-3-7-17(8-4-15)31-23(33)20-19(14-1-5-16(28)6-2-14)22-25(37-21(20)24(31)34)30(26(35)38-22)13-18(32)29-9-11-36-12-10-29/h1-8,19-21H,9-13H2/t19-,20?,21?/m0/s1. The van der Waals surface area contributed by atoms with E-state index in [-0.39, 0.29) is 17.3 Å². The maximum absolute atomic E-state index is 13.8. The Morgan fingerprint density at radius 2 is 1.68 bits per heavy atom. The Morgan fingerprint density at radius 1 is 1.00 bits per heavy atom. The van der Waals surface area contributed by atoms with Gasteiger partial charge in [-0.3, -0.25) is 23.7 Å². The highest BCUT2D eigenvalue weighted by atomic mass is 35.5. The predicted molar refractivity (Wildman–Crippen MR) is 141 cm³/mol. The second-order valence-electron chi connectivity index (χ2n) is 9.20. The molecule has 38 heavy (non-hydrogen) atoms. The van der Waals surface area contributed by atoms with Crippen LogP contribution in [-0.4, -0.2) is 58.7 Å². The summed E-state index contributed by atoms with van der Waals surface area (Å²) >= 11 is 8.12. The Labute approximate surface area is 229 Å². The Kier molecular flexibility index (Phi) is 6.63. The molecule has 0 saturated carbocycles. The summed E-state index contributed by atoms with van der Waals surface area (Å²) < 4.78 is 20.5. The van der Waals surface area contributed by atoms with Crippen molar-refractivity contribution in [2.24, 2.45) is 5.92 Å². The fraction of sp³-hybridized carbons (Fsp3) is 0.308. The molecule has 1 aromatic heterocycles. The minimum absolute atomic E-state index is 0.172. The molecule has 6 rings (SSSR count). The molecule has 2 unspecified atom stereocenters. The smallest absolute Gasteiger partial charge is 0.308 e. The van der Waals surface area contributed by atoms with Crippen LogP contribution in [-0.2, 0) is 25.7 Å². The molecule has 3 aliphatic heterocycles. The molecule has 3 aliphatic rings. The van der Waals surface area contributed by atoms with Gasteiger partial charge in [0.2, 0.25) is 17.7 Å². The second-order valence-corrected chi connectivity index (χ2v) is 11.8. The Hall–Kier alpha value is -2.99. The lowest BCUT2D eigenvalue weighted by molar-refractivity contribution is -0.136. The Morgan fingerprint density at radius 3 is 2.37 bits per heavy atom. The summed E-state index contributed by atoms with van der Waals surface area (Å²) in [4.78, 5) is 56.8. The zero-order valence-electron chi connectivity index (χ0n) is 19.8. The summed E-state index contributed by atoms with van der Waals surface area (Å²) in [5.74, 6) is -2.91. The number of carbonyl (C=O) groups excluding carboxylic acids is 3. The van der Waals surface area contributed by atoms with Crippen LogP contribution in [0.1, 0.15) is 16.4 Å². The highest BCUT2D eigenvalue weighted by Crippen LogP contribution is 2.53. The van der Waals surface area contributed by atoms with Gasteiger partial charge in [-0.25, -0.2) is 9.29 Å². The molecule has 3 atom stereocenters. The van der Waals surface area contributed by atoms with Crippen molar-refractivity contribution in [3.63, 3.8) is 0 Å². The molecule has 196 valence electrons. The maximum Gasteiger partial charge on any atom is 0.308 e. The number of benzene rings is 2. The SMILES string of the molecule is O=C(Cn1c2c(sc1=O)[C@@H](c1ccc(F)cc1)C1C(=O)N(c3ccc(Cl)cc3)C(=O)C1S2)N1CCOCC1. The number of morpholine rings is 1. The van der Waals surface area contributed by atoms with E-state index in [2.05, 4.69) is 0 Å². The third-order valence-corrected chi connectivity index (χ3v) is 9.88. The molecule has 2 fully saturated rings. The van der Waals surface area contributed by atoms with Crippen LogP contribution in [0, 0.1) is 11.7 Å². The van der Waals surface area contributed by atoms with Crippen LogP contribution in [0.4, 0.5) is 10.1 Å². The summed E-state index contributed by atoms with van der Waals surface area (Å²) in [7, 11) is 0. The Balaban J connectivity index is 1.43. The lowest BCUT2D eigenvalue weighted by atomic mass is 9.83. The number of aromatic nitrogens is 1. The third-order valence-electron chi connectivity index (χ3n) is 7.02. The molecule has 2 aromatic carbocycles. The van der Waals surface area contributed by atoms with Crippen molar-refractivity contribution in [1.29, 1.82) is 0 Å². The van der Waals surface area contributed by atoms with Crippen molar-refractivity contribution in [3.05, 3.63) is 79.5 Å². The number of thioether (sulfide) groups is 1. The van der Waals surface area contributed by atoms with E-state index in [9.17, 15) is 23.6 Å². The molecule has 3 amide bonds. The number of ether oxygens (including phenoxy) is 1. The first-order valence-corrected chi connectivity index (χ1v) is 14.1. The molecule has 8 nitrogen and oxygen atoms in total. The van der Waals surface area contributed by atoms with Gasteiger partial charge in [-0.15, -0.1) is 0 Å². The van der Waals surface area contributed by atoms with Gasteiger partial charge in [-0.2, -0.15) is 0 Å². The molecule has 12 heteroatoms. The maximum atomic E-state index is 13.8. The zero-order valence-corrected chi connectivity index (χ0v) is 22.2. The first kappa shape index (κ1) is 25.3. The Bertz CT molecular complexity index is 1480. The fourth-order valence-electron chi connectivity index (χ4n) is 5.18. The normalized spacial score (nSPS) is 22.9. The molecule has 0 bridgehead atoms. The minimum Gasteiger partial charge on any atom is -0.378 e. The topological polar surface area (TPSA) is 88.9 Å². The molecule has 2 saturated heterocycles. The summed E-state index contributed by atoms with van der Waals surface area (Å²) in [6.07, 6.45) is 0. The van der Waals surface area contributed by atoms with Gasteiger partial charge in [0.05, 0.1) is 29.8 Å². The molecular weight excluding hydrogens is 553 g/mol. The number of halogens is 2. The van der Waals surface area contributed by atoms with Crippen LogP contribution in [0.3, 0.4) is 0 Å². The third kappa shape index (κ3) is 4.27. The monoisotopic (exact) mass is 573 g/mol. The molecule has 3 aromatic rings. The molecule has 0 N–H and O–H groups in total. The lowest BCUT2D eigenvalue weighted by Crippen LogP contribution is -2.43. The molecule has 0 radical (unpaired) electrons. The van der Waals surface area contributed by atoms with Crippen molar-refractivity contribution in [3.8, 4) is 0 Å². The van der Waals surface area contributed by atoms with E-state index in [1.807, 2.05) is 0 Å². The van der Waals surface area contributed by atoms with Gasteiger partial charge >= 0.3 is 4.87 Å². The number of thiazole rings is 1. The van der Waals surface area contributed by atoms with Gasteiger partial charge in [0.1, 0.15) is 17.6 Å². The summed E-state index contributed by atoms with van der Waals surface area (Å²) in [6.45, 7) is 1.58. The number of rotatable bonds is 4. The molecular formula is C26H21ClFN3O5S2. The number of amides is 3. The predicted octanol–water partition coefficient (Wildman–Crippen LogP) is 3.36. The molecule has 0 spiro atoms. The summed E-state index contributed by atoms with van der Waals surface area (Å²) in [6, 6.07) is 12.2. The van der Waals surface area contributed by atoms with Gasteiger partial charge in [0.15, 0.2) is 0 Å². The van der Waals surface area contributed by atoms with E-state index >= 15 is 0 Å². The zero-order chi connectivity index (χ0) is 26.6. The van der Waals surface area contributed by atoms with Crippen molar-refractivity contribution in [1.82, 2.24) is 9.47 Å². The van der Waals surface area contributed by atoms with E-state index in [1.165, 1.54) is 16.7 Å². The van der Waals surface area contributed by atoms with E-state index < -0.39 is 34.7 Å². The first-order chi connectivity index (χ1) is 18.3.